The molecule has 2 rings (SSSR count). The molecule has 6 heteroatoms. The van der Waals surface area contributed by atoms with Crippen LogP contribution in [-0.2, 0) is 9.53 Å². The molecule has 1 saturated carbocycles. The van der Waals surface area contributed by atoms with E-state index < -0.39 is 11.4 Å². The lowest BCUT2D eigenvalue weighted by Gasteiger charge is -2.32. The molecule has 3 atom stereocenters. The Morgan fingerprint density at radius 1 is 1.35 bits per heavy atom. The summed E-state index contributed by atoms with van der Waals surface area (Å²) in [6, 6.07) is -0.123. The van der Waals surface area contributed by atoms with Gasteiger partial charge in [-0.2, -0.15) is 0 Å². The second kappa shape index (κ2) is 5.99. The molecule has 1 heterocycles. The van der Waals surface area contributed by atoms with Crippen LogP contribution in [-0.4, -0.2) is 54.4 Å². The van der Waals surface area contributed by atoms with Gasteiger partial charge in [-0.15, -0.1) is 0 Å². The zero-order valence-electron chi connectivity index (χ0n) is 12.2. The lowest BCUT2D eigenvalue weighted by atomic mass is 9.90. The first-order valence-corrected chi connectivity index (χ1v) is 7.28. The molecule has 1 aliphatic heterocycles. The Morgan fingerprint density at radius 3 is 2.65 bits per heavy atom. The Balaban J connectivity index is 1.91. The highest BCUT2D eigenvalue weighted by atomic mass is 16.5. The standard InChI is InChI=1S/C14H24N2O4/c1-14(12(17)18)7-8-16(9-14)13(19)15-10-5-3-4-6-11(10)20-2/h10-11H,3-9H2,1-2H3,(H,15,19)(H,17,18)/t10-,11-,14?/m0/s1. The van der Waals surface area contributed by atoms with Gasteiger partial charge in [0.05, 0.1) is 17.6 Å². The van der Waals surface area contributed by atoms with Crippen molar-refractivity contribution in [3.63, 3.8) is 0 Å². The van der Waals surface area contributed by atoms with Crippen molar-refractivity contribution < 1.29 is 19.4 Å². The third-order valence-corrected chi connectivity index (χ3v) is 4.59. The maximum atomic E-state index is 12.3. The van der Waals surface area contributed by atoms with Crippen molar-refractivity contribution in [1.82, 2.24) is 10.2 Å². The van der Waals surface area contributed by atoms with Crippen LogP contribution >= 0.6 is 0 Å². The first-order chi connectivity index (χ1) is 9.46. The number of urea groups is 1. The molecule has 0 aromatic heterocycles. The number of carbonyl (C=O) groups excluding carboxylic acids is 1. The van der Waals surface area contributed by atoms with Crippen LogP contribution < -0.4 is 5.32 Å². The summed E-state index contributed by atoms with van der Waals surface area (Å²) in [5.74, 6) is -0.833. The number of methoxy groups -OCH3 is 1. The third-order valence-electron chi connectivity index (χ3n) is 4.59. The molecule has 2 aliphatic rings. The van der Waals surface area contributed by atoms with Gasteiger partial charge >= 0.3 is 12.0 Å². The van der Waals surface area contributed by atoms with E-state index in [1.807, 2.05) is 0 Å². The van der Waals surface area contributed by atoms with Crippen LogP contribution in [0.5, 0.6) is 0 Å². The minimum absolute atomic E-state index is 0.0398. The number of likely N-dealkylation sites (tertiary alicyclic amines) is 1. The van der Waals surface area contributed by atoms with E-state index in [4.69, 9.17) is 4.74 Å². The van der Waals surface area contributed by atoms with Crippen molar-refractivity contribution in [3.8, 4) is 0 Å². The Labute approximate surface area is 119 Å². The van der Waals surface area contributed by atoms with Gasteiger partial charge in [0.2, 0.25) is 0 Å². The normalized spacial score (nSPS) is 34.0. The highest BCUT2D eigenvalue weighted by Crippen LogP contribution is 2.30. The van der Waals surface area contributed by atoms with E-state index in [-0.39, 0.29) is 24.7 Å². The van der Waals surface area contributed by atoms with Crippen LogP contribution in [0, 0.1) is 5.41 Å². The highest BCUT2D eigenvalue weighted by Gasteiger charge is 2.42. The molecule has 0 spiro atoms. The van der Waals surface area contributed by atoms with E-state index in [0.29, 0.717) is 13.0 Å². The lowest BCUT2D eigenvalue weighted by molar-refractivity contribution is -0.147. The minimum atomic E-state index is -0.833. The molecule has 2 N–H and O–H groups in total. The smallest absolute Gasteiger partial charge is 0.317 e. The fourth-order valence-electron chi connectivity index (χ4n) is 3.10. The summed E-state index contributed by atoms with van der Waals surface area (Å²) in [6.45, 7) is 2.47. The van der Waals surface area contributed by atoms with Crippen LogP contribution in [0.2, 0.25) is 0 Å². The Hall–Kier alpha value is -1.30. The first kappa shape index (κ1) is 15.1. The average Bonchev–Trinajstić information content (AvgIpc) is 2.83. The SMILES string of the molecule is CO[C@H]1CCCC[C@@H]1NC(=O)N1CCC(C)(C(=O)O)C1. The van der Waals surface area contributed by atoms with Crippen LogP contribution in [0.25, 0.3) is 0 Å². The van der Waals surface area contributed by atoms with E-state index in [0.717, 1.165) is 25.7 Å². The Kier molecular flexibility index (Phi) is 4.52. The van der Waals surface area contributed by atoms with Gasteiger partial charge in [0.15, 0.2) is 0 Å². The largest absolute Gasteiger partial charge is 0.481 e. The molecule has 0 bridgehead atoms. The number of rotatable bonds is 3. The van der Waals surface area contributed by atoms with E-state index in [1.165, 1.54) is 0 Å². The summed E-state index contributed by atoms with van der Waals surface area (Å²) in [5.41, 5.74) is -0.815. The van der Waals surface area contributed by atoms with Gasteiger partial charge in [-0.05, 0) is 26.2 Å². The molecular formula is C14H24N2O4. The fraction of sp³-hybridized carbons (Fsp3) is 0.857. The topological polar surface area (TPSA) is 78.9 Å². The van der Waals surface area contributed by atoms with Gasteiger partial charge < -0.3 is 20.1 Å². The Bertz CT molecular complexity index is 387. The number of hydrogen-bond acceptors (Lipinski definition) is 3. The summed E-state index contributed by atoms with van der Waals surface area (Å²) in [6.07, 6.45) is 4.70. The number of aliphatic carboxylic acids is 1. The van der Waals surface area contributed by atoms with Crippen molar-refractivity contribution in [1.29, 1.82) is 0 Å². The minimum Gasteiger partial charge on any atom is -0.481 e. The van der Waals surface area contributed by atoms with Crippen LogP contribution in [0.4, 0.5) is 4.79 Å². The van der Waals surface area contributed by atoms with E-state index in [2.05, 4.69) is 5.32 Å². The van der Waals surface area contributed by atoms with E-state index >= 15 is 0 Å². The number of hydrogen-bond donors (Lipinski definition) is 2. The quantitative estimate of drug-likeness (QED) is 0.822. The molecule has 2 fully saturated rings. The number of nitrogens with one attached hydrogen (secondary N) is 1. The predicted molar refractivity (Wildman–Crippen MR) is 73.5 cm³/mol. The van der Waals surface area contributed by atoms with E-state index in [1.54, 1.807) is 18.9 Å². The second-order valence-corrected chi connectivity index (χ2v) is 6.15. The average molecular weight is 284 g/mol. The van der Waals surface area contributed by atoms with Crippen molar-refractivity contribution in [3.05, 3.63) is 0 Å². The zero-order valence-corrected chi connectivity index (χ0v) is 12.2. The number of amides is 2. The molecular weight excluding hydrogens is 260 g/mol. The molecule has 20 heavy (non-hydrogen) atoms. The molecule has 1 aliphatic carbocycles. The number of carbonyl (C=O) groups is 2. The van der Waals surface area contributed by atoms with Gasteiger partial charge in [0.1, 0.15) is 0 Å². The van der Waals surface area contributed by atoms with Gasteiger partial charge in [-0.3, -0.25) is 4.79 Å². The first-order valence-electron chi connectivity index (χ1n) is 7.28. The summed E-state index contributed by atoms with van der Waals surface area (Å²) in [4.78, 5) is 25.1. The van der Waals surface area contributed by atoms with Crippen LogP contribution in [0.3, 0.4) is 0 Å². The van der Waals surface area contributed by atoms with Gasteiger partial charge in [-0.25, -0.2) is 4.79 Å². The maximum absolute atomic E-state index is 12.3. The molecule has 0 radical (unpaired) electrons. The molecule has 0 aromatic rings. The summed E-state index contributed by atoms with van der Waals surface area (Å²) in [5, 5.41) is 12.2. The predicted octanol–water partition coefficient (Wildman–Crippen LogP) is 1.45. The molecule has 6 nitrogen and oxygen atoms in total. The van der Waals surface area contributed by atoms with Crippen molar-refractivity contribution >= 4 is 12.0 Å². The maximum Gasteiger partial charge on any atom is 0.317 e. The molecule has 114 valence electrons. The van der Waals surface area contributed by atoms with Crippen molar-refractivity contribution in [2.24, 2.45) is 5.41 Å². The fourth-order valence-corrected chi connectivity index (χ4v) is 3.10. The number of nitrogens with zero attached hydrogens (tertiary/aromatic N) is 1. The van der Waals surface area contributed by atoms with Crippen LogP contribution in [0.15, 0.2) is 0 Å². The van der Waals surface area contributed by atoms with Gasteiger partial charge in [0, 0.05) is 20.2 Å². The molecule has 1 unspecified atom stereocenters. The number of carboxylic acids is 1. The molecule has 2 amide bonds. The molecule has 1 saturated heterocycles. The summed E-state index contributed by atoms with van der Waals surface area (Å²) in [7, 11) is 1.67. The van der Waals surface area contributed by atoms with Gasteiger partial charge in [0.25, 0.3) is 0 Å². The third kappa shape index (κ3) is 3.06. The van der Waals surface area contributed by atoms with E-state index in [9.17, 15) is 14.7 Å². The summed E-state index contributed by atoms with van der Waals surface area (Å²) < 4.78 is 5.42. The number of carboxylic acid groups (broad SMARTS) is 1. The van der Waals surface area contributed by atoms with Crippen LogP contribution in [0.1, 0.15) is 39.0 Å². The second-order valence-electron chi connectivity index (χ2n) is 6.15. The lowest BCUT2D eigenvalue weighted by Crippen LogP contribution is -2.50. The number of ether oxygens (including phenoxy) is 1. The highest BCUT2D eigenvalue weighted by molar-refractivity contribution is 5.79. The summed E-state index contributed by atoms with van der Waals surface area (Å²) >= 11 is 0. The molecule has 0 aromatic carbocycles. The zero-order chi connectivity index (χ0) is 14.8. The Morgan fingerprint density at radius 2 is 2.05 bits per heavy atom. The van der Waals surface area contributed by atoms with Gasteiger partial charge in [-0.1, -0.05) is 12.8 Å². The van der Waals surface area contributed by atoms with Crippen molar-refractivity contribution in [2.45, 2.75) is 51.2 Å². The monoisotopic (exact) mass is 284 g/mol. The van der Waals surface area contributed by atoms with Crippen molar-refractivity contribution in [2.75, 3.05) is 20.2 Å².